The molecule has 0 amide bonds. The van der Waals surface area contributed by atoms with Gasteiger partial charge >= 0.3 is 0 Å². The molecule has 0 saturated heterocycles. The lowest BCUT2D eigenvalue weighted by atomic mass is 10.0. The van der Waals surface area contributed by atoms with Crippen molar-refractivity contribution in [2.75, 3.05) is 9.80 Å². The van der Waals surface area contributed by atoms with Gasteiger partial charge in [0, 0.05) is 67.0 Å². The Morgan fingerprint density at radius 2 is 0.464 bits per heavy atom. The molecule has 18 aromatic rings. The van der Waals surface area contributed by atoms with Gasteiger partial charge in [-0.05, 0) is 186 Å². The van der Waals surface area contributed by atoms with Crippen LogP contribution in [0.15, 0.2) is 388 Å². The number of hydrogen-bond acceptors (Lipinski definition) is 2. The van der Waals surface area contributed by atoms with Gasteiger partial charge in [0.15, 0.2) is 8.07 Å². The van der Waals surface area contributed by atoms with Gasteiger partial charge in [0.1, 0.15) is 0 Å². The van der Waals surface area contributed by atoms with Gasteiger partial charge in [0.2, 0.25) is 0 Å². The Balaban J connectivity index is 0.693. The predicted molar refractivity (Wildman–Crippen MR) is 414 cm³/mol. The minimum absolute atomic E-state index is 1.08. The van der Waals surface area contributed by atoms with Crippen LogP contribution < -0.4 is 30.5 Å². The van der Waals surface area contributed by atoms with Crippen LogP contribution in [0.25, 0.3) is 98.8 Å². The third-order valence-corrected chi connectivity index (χ3v) is 24.6. The number of benzene rings is 16. The molecule has 0 aliphatic rings. The molecule has 0 unspecified atom stereocenters. The third kappa shape index (κ3) is 9.99. The standard InChI is InChI=1S/C92H64N4Si/c1-5-25-73(26-6-1)95-89-35-19-17-33-85(89)87-63-79(53-59-91(87)95)93(77-51-41-65-21-13-15-23-71(65)61-77)75-47-37-67(38-48-75)69-43-55-83(56-44-69)97(81-29-9-3-10-30-81,82-31-11-4-12-32-82)84-57-45-70(46-58-84)68-39-49-76(50-40-68)94(78-52-42-66-22-14-16-24-72(66)62-78)80-54-60-92-88(64-80)86-34-18-20-36-90(86)96(92)74-27-7-2-8-28-74/h1-64H. The molecule has 0 radical (unpaired) electrons. The Kier molecular flexibility index (Phi) is 14.2. The highest BCUT2D eigenvalue weighted by molar-refractivity contribution is 7.19. The first kappa shape index (κ1) is 57.1. The highest BCUT2D eigenvalue weighted by Gasteiger charge is 2.41. The highest BCUT2D eigenvalue weighted by atomic mass is 28.3. The fraction of sp³-hybridized carbons (Fsp3) is 0. The molecule has 97 heavy (non-hydrogen) atoms. The van der Waals surface area contributed by atoms with Crippen molar-refractivity contribution in [1.29, 1.82) is 0 Å². The van der Waals surface area contributed by atoms with E-state index < -0.39 is 8.07 Å². The van der Waals surface area contributed by atoms with Crippen molar-refractivity contribution in [1.82, 2.24) is 9.13 Å². The molecule has 2 heterocycles. The summed E-state index contributed by atoms with van der Waals surface area (Å²) in [6, 6.07) is 143. The van der Waals surface area contributed by atoms with Crippen LogP contribution in [0.2, 0.25) is 0 Å². The summed E-state index contributed by atoms with van der Waals surface area (Å²) in [4.78, 5) is 4.81. The van der Waals surface area contributed by atoms with Gasteiger partial charge in [-0.25, -0.2) is 0 Å². The summed E-state index contributed by atoms with van der Waals surface area (Å²) in [5.74, 6) is 0. The summed E-state index contributed by atoms with van der Waals surface area (Å²) in [5.41, 5.74) is 18.2. The SMILES string of the molecule is c1ccc(-n2c3ccccc3c3cc(N(c4ccc(-c5ccc([Si](c6ccccc6)(c6ccccc6)c6ccc(-c7ccc(N(c8ccc9ccccc9c8)c8ccc9c(c8)c8ccccc8n9-c8ccccc8)cc7)cc6)cc5)cc4)c4ccc5ccccc5c4)ccc32)cc1. The largest absolute Gasteiger partial charge is 0.310 e. The molecule has 0 bridgehead atoms. The van der Waals surface area contributed by atoms with E-state index in [1.54, 1.807) is 0 Å². The molecule has 2 aromatic heterocycles. The fourth-order valence-electron chi connectivity index (χ4n) is 15.2. The molecule has 0 atom stereocenters. The van der Waals surface area contributed by atoms with Gasteiger partial charge in [0.05, 0.1) is 22.1 Å². The Hall–Kier alpha value is -12.5. The average Bonchev–Trinajstić information content (AvgIpc) is 1.71. The van der Waals surface area contributed by atoms with Gasteiger partial charge in [-0.1, -0.05) is 267 Å². The zero-order chi connectivity index (χ0) is 64.2. The van der Waals surface area contributed by atoms with Crippen molar-refractivity contribution in [3.63, 3.8) is 0 Å². The van der Waals surface area contributed by atoms with Gasteiger partial charge in [0.25, 0.3) is 0 Å². The van der Waals surface area contributed by atoms with E-state index >= 15 is 0 Å². The van der Waals surface area contributed by atoms with Gasteiger partial charge < -0.3 is 18.9 Å². The number of fused-ring (bicyclic) bond motifs is 8. The van der Waals surface area contributed by atoms with Crippen molar-refractivity contribution in [2.24, 2.45) is 0 Å². The Bertz CT molecular complexity index is 5540. The Morgan fingerprint density at radius 3 is 0.856 bits per heavy atom. The second-order valence-electron chi connectivity index (χ2n) is 25.2. The van der Waals surface area contributed by atoms with Crippen LogP contribution in [-0.2, 0) is 0 Å². The van der Waals surface area contributed by atoms with Crippen molar-refractivity contribution in [3.8, 4) is 33.6 Å². The van der Waals surface area contributed by atoms with E-state index in [1.165, 1.54) is 97.0 Å². The summed E-state index contributed by atoms with van der Waals surface area (Å²) in [5, 5.41) is 15.0. The normalized spacial score (nSPS) is 11.7. The molecule has 18 rings (SSSR count). The first-order valence-electron chi connectivity index (χ1n) is 33.4. The summed E-state index contributed by atoms with van der Waals surface area (Å²) >= 11 is 0. The van der Waals surface area contributed by atoms with Gasteiger partial charge in [-0.3, -0.25) is 0 Å². The molecule has 4 nitrogen and oxygen atoms in total. The second-order valence-corrected chi connectivity index (χ2v) is 29.1. The summed E-state index contributed by atoms with van der Waals surface area (Å²) < 4.78 is 4.76. The van der Waals surface area contributed by atoms with E-state index in [2.05, 4.69) is 407 Å². The second kappa shape index (κ2) is 24.1. The van der Waals surface area contributed by atoms with E-state index in [9.17, 15) is 0 Å². The molecule has 0 N–H and O–H groups in total. The zero-order valence-corrected chi connectivity index (χ0v) is 54.2. The first-order valence-corrected chi connectivity index (χ1v) is 35.4. The van der Waals surface area contributed by atoms with Crippen LogP contribution in [0.1, 0.15) is 0 Å². The monoisotopic (exact) mass is 1250 g/mol. The highest BCUT2D eigenvalue weighted by Crippen LogP contribution is 2.44. The average molecular weight is 1250 g/mol. The maximum Gasteiger partial charge on any atom is 0.179 e. The van der Waals surface area contributed by atoms with E-state index in [4.69, 9.17) is 0 Å². The fourth-order valence-corrected chi connectivity index (χ4v) is 20.0. The lowest BCUT2D eigenvalue weighted by Crippen LogP contribution is -2.74. The summed E-state index contributed by atoms with van der Waals surface area (Å²) in [6.45, 7) is 0. The molecule has 0 spiro atoms. The van der Waals surface area contributed by atoms with E-state index in [-0.39, 0.29) is 0 Å². The topological polar surface area (TPSA) is 16.3 Å². The number of anilines is 6. The smallest absolute Gasteiger partial charge is 0.179 e. The van der Waals surface area contributed by atoms with Crippen LogP contribution in [0.5, 0.6) is 0 Å². The molecule has 456 valence electrons. The first-order chi connectivity index (χ1) is 48.1. The molecular formula is C92H64N4Si. The van der Waals surface area contributed by atoms with Crippen LogP contribution in [0.4, 0.5) is 34.1 Å². The van der Waals surface area contributed by atoms with Crippen LogP contribution in [0, 0.1) is 0 Å². The molecule has 0 fully saturated rings. The summed E-state index contributed by atoms with van der Waals surface area (Å²) in [7, 11) is -2.91. The third-order valence-electron chi connectivity index (χ3n) is 19.8. The van der Waals surface area contributed by atoms with Crippen molar-refractivity contribution in [3.05, 3.63) is 388 Å². The minimum Gasteiger partial charge on any atom is -0.310 e. The number of hydrogen-bond donors (Lipinski definition) is 0. The lowest BCUT2D eigenvalue weighted by molar-refractivity contribution is 1.18. The molecule has 16 aromatic carbocycles. The van der Waals surface area contributed by atoms with Crippen LogP contribution in [-0.4, -0.2) is 17.2 Å². The number of para-hydroxylation sites is 4. The van der Waals surface area contributed by atoms with E-state index in [0.717, 1.165) is 56.6 Å². The zero-order valence-electron chi connectivity index (χ0n) is 53.2. The van der Waals surface area contributed by atoms with Gasteiger partial charge in [-0.15, -0.1) is 0 Å². The Morgan fingerprint density at radius 1 is 0.186 bits per heavy atom. The number of aromatic nitrogens is 2. The maximum absolute atomic E-state index is 2.91. The quantitative estimate of drug-likeness (QED) is 0.0797. The summed E-state index contributed by atoms with van der Waals surface area (Å²) in [6.07, 6.45) is 0. The van der Waals surface area contributed by atoms with E-state index in [1.807, 2.05) is 0 Å². The maximum atomic E-state index is 2.41. The van der Waals surface area contributed by atoms with Crippen molar-refractivity contribution in [2.45, 2.75) is 0 Å². The van der Waals surface area contributed by atoms with Crippen molar-refractivity contribution >= 4 is 128 Å². The van der Waals surface area contributed by atoms with E-state index in [0.29, 0.717) is 0 Å². The number of nitrogens with zero attached hydrogens (tertiary/aromatic N) is 4. The molecule has 0 aliphatic carbocycles. The van der Waals surface area contributed by atoms with Gasteiger partial charge in [-0.2, -0.15) is 0 Å². The molecular weight excluding hydrogens is 1190 g/mol. The molecule has 5 heteroatoms. The lowest BCUT2D eigenvalue weighted by Gasteiger charge is -2.34. The predicted octanol–water partition coefficient (Wildman–Crippen LogP) is 21.8. The Labute approximate surface area is 565 Å². The van der Waals surface area contributed by atoms with Crippen LogP contribution in [0.3, 0.4) is 0 Å². The van der Waals surface area contributed by atoms with Crippen LogP contribution >= 0.6 is 0 Å². The van der Waals surface area contributed by atoms with Crippen molar-refractivity contribution < 1.29 is 0 Å². The number of rotatable bonds is 14. The molecule has 0 saturated carbocycles. The minimum atomic E-state index is -2.91. The molecule has 0 aliphatic heterocycles.